The Morgan fingerprint density at radius 1 is 1.21 bits per heavy atom. The van der Waals surface area contributed by atoms with Crippen LogP contribution < -0.4 is 10.1 Å². The summed E-state index contributed by atoms with van der Waals surface area (Å²) in [6.07, 6.45) is 3.53. The third-order valence-electron chi connectivity index (χ3n) is 6.24. The molecule has 2 aromatic rings. The molecular weight excluding hydrogens is 416 g/mol. The number of nitrogens with zero attached hydrogens (tertiary/aromatic N) is 1. The van der Waals surface area contributed by atoms with Gasteiger partial charge in [0.25, 0.3) is 0 Å². The van der Waals surface area contributed by atoms with Crippen LogP contribution in [0.15, 0.2) is 42.5 Å². The summed E-state index contributed by atoms with van der Waals surface area (Å²) in [5.41, 5.74) is 3.96. The number of fused-ring (bicyclic) bond motifs is 1. The van der Waals surface area contributed by atoms with Crippen molar-refractivity contribution in [3.63, 3.8) is 0 Å². The fraction of sp³-hybridized carbons (Fsp3) is 0.481. The summed E-state index contributed by atoms with van der Waals surface area (Å²) >= 11 is 0. The Labute approximate surface area is 196 Å². The third kappa shape index (κ3) is 7.31. The quantitative estimate of drug-likeness (QED) is 0.454. The van der Waals surface area contributed by atoms with E-state index < -0.39 is 12.1 Å². The molecule has 0 heterocycles. The van der Waals surface area contributed by atoms with E-state index in [9.17, 15) is 15.2 Å². The SMILES string of the molecule is CC(C)(CC1Cc2ccccc2C1)NC[C@@H](O)COc1cccc(CCCC(=O)O)c1C#N. The number of aliphatic hydroxyl groups excluding tert-OH is 1. The van der Waals surface area contributed by atoms with Crippen molar-refractivity contribution in [1.82, 2.24) is 5.32 Å². The zero-order chi connectivity index (χ0) is 23.8. The molecule has 0 radical (unpaired) electrons. The Morgan fingerprint density at radius 2 is 1.91 bits per heavy atom. The highest BCUT2D eigenvalue weighted by atomic mass is 16.5. The van der Waals surface area contributed by atoms with E-state index in [0.29, 0.717) is 36.6 Å². The average Bonchev–Trinajstić information content (AvgIpc) is 3.17. The van der Waals surface area contributed by atoms with Gasteiger partial charge in [-0.1, -0.05) is 36.4 Å². The Hall–Kier alpha value is -2.88. The first-order valence-corrected chi connectivity index (χ1v) is 11.6. The molecule has 0 bridgehead atoms. The second-order valence-electron chi connectivity index (χ2n) is 9.63. The van der Waals surface area contributed by atoms with Crippen molar-refractivity contribution in [3.05, 3.63) is 64.7 Å². The van der Waals surface area contributed by atoms with E-state index in [0.717, 1.165) is 24.8 Å². The number of benzene rings is 2. The highest BCUT2D eigenvalue weighted by molar-refractivity contribution is 5.66. The van der Waals surface area contributed by atoms with E-state index >= 15 is 0 Å². The largest absolute Gasteiger partial charge is 0.489 e. The zero-order valence-corrected chi connectivity index (χ0v) is 19.5. The number of aliphatic hydroxyl groups is 1. The monoisotopic (exact) mass is 450 g/mol. The molecule has 0 spiro atoms. The van der Waals surface area contributed by atoms with Gasteiger partial charge in [0, 0.05) is 18.5 Å². The van der Waals surface area contributed by atoms with E-state index in [2.05, 4.69) is 49.5 Å². The number of aliphatic carboxylic acids is 1. The number of β-amino-alcohol motifs (C(OH)–C–C–N with tert-alkyl or cyclic N) is 1. The Bertz CT molecular complexity index is 971. The van der Waals surface area contributed by atoms with E-state index in [-0.39, 0.29) is 18.6 Å². The highest BCUT2D eigenvalue weighted by Gasteiger charge is 2.28. The standard InChI is InChI=1S/C27H34N2O4/c1-27(2,15-19-13-21-7-3-4-8-22(21)14-19)29-17-23(30)18-33-25-11-5-9-20(24(25)16-28)10-6-12-26(31)32/h3-5,7-9,11,19,23,29-30H,6,10,12-15,17-18H2,1-2H3,(H,31,32)/t23-/m1/s1. The summed E-state index contributed by atoms with van der Waals surface area (Å²) in [5, 5.41) is 32.3. The molecule has 0 fully saturated rings. The van der Waals surface area contributed by atoms with Crippen LogP contribution in [-0.2, 0) is 24.1 Å². The van der Waals surface area contributed by atoms with Gasteiger partial charge in [0.2, 0.25) is 0 Å². The Kier molecular flexibility index (Phi) is 8.49. The van der Waals surface area contributed by atoms with Crippen molar-refractivity contribution in [3.8, 4) is 11.8 Å². The van der Waals surface area contributed by atoms with Crippen molar-refractivity contribution in [2.24, 2.45) is 5.92 Å². The second kappa shape index (κ2) is 11.3. The minimum absolute atomic E-state index is 0.0586. The number of hydrogen-bond donors (Lipinski definition) is 3. The van der Waals surface area contributed by atoms with Crippen LogP contribution in [0.5, 0.6) is 5.75 Å². The lowest BCUT2D eigenvalue weighted by Crippen LogP contribution is -2.46. The van der Waals surface area contributed by atoms with Crippen molar-refractivity contribution in [2.45, 2.75) is 64.0 Å². The molecule has 0 aromatic heterocycles. The maximum absolute atomic E-state index is 10.7. The summed E-state index contributed by atoms with van der Waals surface area (Å²) in [7, 11) is 0. The number of rotatable bonds is 12. The van der Waals surface area contributed by atoms with Gasteiger partial charge < -0.3 is 20.3 Å². The van der Waals surface area contributed by atoms with E-state index in [4.69, 9.17) is 9.84 Å². The van der Waals surface area contributed by atoms with Crippen LogP contribution in [0.25, 0.3) is 0 Å². The normalized spacial score (nSPS) is 14.5. The van der Waals surface area contributed by atoms with Crippen LogP contribution in [0.4, 0.5) is 0 Å². The molecule has 0 saturated carbocycles. The number of nitriles is 1. The maximum Gasteiger partial charge on any atom is 0.303 e. The van der Waals surface area contributed by atoms with Gasteiger partial charge in [-0.3, -0.25) is 4.79 Å². The van der Waals surface area contributed by atoms with Crippen LogP contribution in [0, 0.1) is 17.2 Å². The van der Waals surface area contributed by atoms with Crippen LogP contribution in [0.3, 0.4) is 0 Å². The Balaban J connectivity index is 1.46. The van der Waals surface area contributed by atoms with Gasteiger partial charge in [0.05, 0.1) is 5.56 Å². The maximum atomic E-state index is 10.7. The van der Waals surface area contributed by atoms with Gasteiger partial charge in [-0.25, -0.2) is 0 Å². The van der Waals surface area contributed by atoms with Gasteiger partial charge in [-0.15, -0.1) is 0 Å². The van der Waals surface area contributed by atoms with Crippen molar-refractivity contribution in [1.29, 1.82) is 5.26 Å². The lowest BCUT2D eigenvalue weighted by atomic mass is 9.88. The summed E-state index contributed by atoms with van der Waals surface area (Å²) in [6.45, 7) is 4.80. The number of nitrogens with one attached hydrogen (secondary N) is 1. The second-order valence-corrected chi connectivity index (χ2v) is 9.63. The molecule has 2 aromatic carbocycles. The van der Waals surface area contributed by atoms with Gasteiger partial charge >= 0.3 is 5.97 Å². The molecule has 0 amide bonds. The molecule has 33 heavy (non-hydrogen) atoms. The van der Waals surface area contributed by atoms with Gasteiger partial charge in [0.15, 0.2) is 0 Å². The molecule has 1 atom stereocenters. The number of ether oxygens (including phenoxy) is 1. The molecular formula is C27H34N2O4. The van der Waals surface area contributed by atoms with Crippen molar-refractivity contribution < 1.29 is 19.7 Å². The molecule has 6 heteroatoms. The Morgan fingerprint density at radius 3 is 2.55 bits per heavy atom. The molecule has 6 nitrogen and oxygen atoms in total. The predicted molar refractivity (Wildman–Crippen MR) is 127 cm³/mol. The van der Waals surface area contributed by atoms with Crippen LogP contribution in [0.1, 0.15) is 55.4 Å². The van der Waals surface area contributed by atoms with Crippen LogP contribution in [0.2, 0.25) is 0 Å². The van der Waals surface area contributed by atoms with E-state index in [1.807, 2.05) is 6.07 Å². The smallest absolute Gasteiger partial charge is 0.303 e. The highest BCUT2D eigenvalue weighted by Crippen LogP contribution is 2.32. The fourth-order valence-corrected chi connectivity index (χ4v) is 4.69. The molecule has 1 aliphatic rings. The van der Waals surface area contributed by atoms with E-state index in [1.165, 1.54) is 11.1 Å². The van der Waals surface area contributed by atoms with Crippen molar-refractivity contribution in [2.75, 3.05) is 13.2 Å². The van der Waals surface area contributed by atoms with Crippen LogP contribution in [-0.4, -0.2) is 41.0 Å². The lowest BCUT2D eigenvalue weighted by Gasteiger charge is -2.30. The van der Waals surface area contributed by atoms with Gasteiger partial charge in [0.1, 0.15) is 24.5 Å². The predicted octanol–water partition coefficient (Wildman–Crippen LogP) is 3.88. The van der Waals surface area contributed by atoms with Gasteiger partial charge in [-0.05, 0) is 74.6 Å². The third-order valence-corrected chi connectivity index (χ3v) is 6.24. The number of aryl methyl sites for hydroxylation is 1. The lowest BCUT2D eigenvalue weighted by molar-refractivity contribution is -0.137. The zero-order valence-electron chi connectivity index (χ0n) is 19.5. The topological polar surface area (TPSA) is 103 Å². The average molecular weight is 451 g/mol. The molecule has 3 N–H and O–H groups in total. The van der Waals surface area contributed by atoms with Gasteiger partial charge in [-0.2, -0.15) is 5.26 Å². The summed E-state index contributed by atoms with van der Waals surface area (Å²) < 4.78 is 5.77. The fourth-order valence-electron chi connectivity index (χ4n) is 4.69. The molecule has 176 valence electrons. The molecule has 1 aliphatic carbocycles. The molecule has 0 aliphatic heterocycles. The number of carbonyl (C=O) groups is 1. The minimum atomic E-state index is -0.850. The molecule has 3 rings (SSSR count). The molecule has 0 saturated heterocycles. The van der Waals surface area contributed by atoms with Crippen LogP contribution >= 0.6 is 0 Å². The first kappa shape index (κ1) is 24.8. The summed E-state index contributed by atoms with van der Waals surface area (Å²) in [4.78, 5) is 10.7. The number of hydrogen-bond acceptors (Lipinski definition) is 5. The first-order chi connectivity index (χ1) is 15.8. The number of carboxylic acids is 1. The minimum Gasteiger partial charge on any atom is -0.489 e. The van der Waals surface area contributed by atoms with Crippen molar-refractivity contribution >= 4 is 5.97 Å². The summed E-state index contributed by atoms with van der Waals surface area (Å²) in [6, 6.07) is 16.1. The van der Waals surface area contributed by atoms with E-state index in [1.54, 1.807) is 12.1 Å². The molecule has 0 unspecified atom stereocenters. The first-order valence-electron chi connectivity index (χ1n) is 11.6. The number of carboxylic acid groups (broad SMARTS) is 1. The summed E-state index contributed by atoms with van der Waals surface area (Å²) in [5.74, 6) is 0.171.